The second-order valence-corrected chi connectivity index (χ2v) is 5.79. The monoisotopic (exact) mass is 279 g/mol. The van der Waals surface area contributed by atoms with Gasteiger partial charge in [0, 0.05) is 16.8 Å². The lowest BCUT2D eigenvalue weighted by Gasteiger charge is -2.30. The number of nitrogens with two attached hydrogens (primary N) is 1. The summed E-state index contributed by atoms with van der Waals surface area (Å²) < 4.78 is 5.67. The summed E-state index contributed by atoms with van der Waals surface area (Å²) in [5.74, 6) is 1.24. The number of thiophene rings is 1. The average Bonchev–Trinajstić information content (AvgIpc) is 2.83. The van der Waals surface area contributed by atoms with Gasteiger partial charge in [-0.1, -0.05) is 29.8 Å². The van der Waals surface area contributed by atoms with Gasteiger partial charge >= 0.3 is 0 Å². The molecule has 0 aliphatic carbocycles. The Balaban J connectivity index is 1.97. The highest BCUT2D eigenvalue weighted by atomic mass is 35.5. The van der Waals surface area contributed by atoms with E-state index in [9.17, 15) is 0 Å². The lowest BCUT2D eigenvalue weighted by atomic mass is 9.86. The number of hydrogen-bond donors (Lipinski definition) is 1. The maximum atomic E-state index is 6.40. The van der Waals surface area contributed by atoms with Crippen molar-refractivity contribution in [1.29, 1.82) is 0 Å². The van der Waals surface area contributed by atoms with E-state index in [0.29, 0.717) is 0 Å². The zero-order valence-electron chi connectivity index (χ0n) is 9.80. The fourth-order valence-corrected chi connectivity index (χ4v) is 3.72. The molecule has 18 heavy (non-hydrogen) atoms. The van der Waals surface area contributed by atoms with Crippen LogP contribution in [0.3, 0.4) is 0 Å². The van der Waals surface area contributed by atoms with Crippen LogP contribution in [-0.2, 0) is 0 Å². The summed E-state index contributed by atoms with van der Waals surface area (Å²) in [5, 5.41) is 2.76. The van der Waals surface area contributed by atoms with Gasteiger partial charge in [0.1, 0.15) is 5.75 Å². The van der Waals surface area contributed by atoms with E-state index in [1.54, 1.807) is 11.3 Å². The van der Waals surface area contributed by atoms with Crippen LogP contribution >= 0.6 is 22.9 Å². The molecule has 1 aliphatic rings. The Morgan fingerprint density at radius 1 is 1.33 bits per heavy atom. The van der Waals surface area contributed by atoms with Crippen molar-refractivity contribution in [2.24, 2.45) is 5.73 Å². The van der Waals surface area contributed by atoms with Gasteiger partial charge < -0.3 is 10.5 Å². The Kier molecular flexibility index (Phi) is 3.29. The number of fused-ring (bicyclic) bond motifs is 1. The average molecular weight is 280 g/mol. The summed E-state index contributed by atoms with van der Waals surface area (Å²) in [6, 6.07) is 9.98. The van der Waals surface area contributed by atoms with Gasteiger partial charge in [-0.2, -0.15) is 0 Å². The van der Waals surface area contributed by atoms with Crippen molar-refractivity contribution < 1.29 is 4.74 Å². The van der Waals surface area contributed by atoms with E-state index in [-0.39, 0.29) is 12.0 Å². The van der Waals surface area contributed by atoms with E-state index in [1.165, 1.54) is 5.56 Å². The van der Waals surface area contributed by atoms with Crippen molar-refractivity contribution in [1.82, 2.24) is 0 Å². The third-order valence-corrected chi connectivity index (χ3v) is 4.85. The summed E-state index contributed by atoms with van der Waals surface area (Å²) in [4.78, 5) is 1.07. The SMILES string of the molecule is NC(c1sccc1Cl)C1CCOc2ccccc21. The Bertz CT molecular complexity index is 554. The molecule has 2 N–H and O–H groups in total. The maximum absolute atomic E-state index is 6.40. The Labute approximate surface area is 115 Å². The Hall–Kier alpha value is -1.03. The van der Waals surface area contributed by atoms with Crippen molar-refractivity contribution in [3.63, 3.8) is 0 Å². The van der Waals surface area contributed by atoms with Crippen LogP contribution in [0.4, 0.5) is 0 Å². The first-order valence-corrected chi connectivity index (χ1v) is 7.23. The van der Waals surface area contributed by atoms with Crippen molar-refractivity contribution in [2.75, 3.05) is 6.61 Å². The predicted molar refractivity (Wildman–Crippen MR) is 75.6 cm³/mol. The van der Waals surface area contributed by atoms with Crippen LogP contribution in [0.15, 0.2) is 35.7 Å². The first-order valence-electron chi connectivity index (χ1n) is 5.97. The number of ether oxygens (including phenoxy) is 1. The predicted octanol–water partition coefficient (Wildman–Crippen LogP) is 3.97. The van der Waals surface area contributed by atoms with Crippen molar-refractivity contribution in [2.45, 2.75) is 18.4 Å². The molecule has 1 aromatic carbocycles. The van der Waals surface area contributed by atoms with E-state index in [4.69, 9.17) is 22.1 Å². The van der Waals surface area contributed by atoms with Gasteiger partial charge in [-0.25, -0.2) is 0 Å². The van der Waals surface area contributed by atoms with Crippen LogP contribution < -0.4 is 10.5 Å². The number of hydrogen-bond acceptors (Lipinski definition) is 3. The molecule has 1 aliphatic heterocycles. The molecule has 0 bridgehead atoms. The molecule has 0 saturated heterocycles. The fourth-order valence-electron chi connectivity index (χ4n) is 2.47. The number of halogens is 1. The Morgan fingerprint density at radius 2 is 2.17 bits per heavy atom. The van der Waals surface area contributed by atoms with Crippen molar-refractivity contribution in [3.05, 3.63) is 51.2 Å². The molecule has 3 rings (SSSR count). The molecule has 0 fully saturated rings. The molecule has 2 heterocycles. The quantitative estimate of drug-likeness (QED) is 0.903. The van der Waals surface area contributed by atoms with E-state index < -0.39 is 0 Å². The minimum atomic E-state index is -0.0532. The Morgan fingerprint density at radius 3 is 2.94 bits per heavy atom. The van der Waals surface area contributed by atoms with Gasteiger partial charge in [-0.3, -0.25) is 0 Å². The number of benzene rings is 1. The van der Waals surface area contributed by atoms with Crippen LogP contribution in [0, 0.1) is 0 Å². The molecule has 2 aromatic rings. The van der Waals surface area contributed by atoms with E-state index in [1.807, 2.05) is 29.6 Å². The van der Waals surface area contributed by atoms with Crippen LogP contribution in [0.1, 0.15) is 28.8 Å². The lowest BCUT2D eigenvalue weighted by Crippen LogP contribution is -2.24. The molecule has 2 nitrogen and oxygen atoms in total. The molecule has 0 radical (unpaired) electrons. The summed E-state index contributed by atoms with van der Waals surface area (Å²) in [6.07, 6.45) is 0.937. The van der Waals surface area contributed by atoms with Crippen LogP contribution in [0.25, 0.3) is 0 Å². The van der Waals surface area contributed by atoms with E-state index in [0.717, 1.165) is 28.7 Å². The molecule has 0 spiro atoms. The second-order valence-electron chi connectivity index (χ2n) is 4.44. The topological polar surface area (TPSA) is 35.2 Å². The van der Waals surface area contributed by atoms with Gasteiger partial charge in [0.25, 0.3) is 0 Å². The summed E-state index contributed by atoms with van der Waals surface area (Å²) in [7, 11) is 0. The van der Waals surface area contributed by atoms with Crippen molar-refractivity contribution >= 4 is 22.9 Å². The minimum absolute atomic E-state index is 0.0532. The van der Waals surface area contributed by atoms with Crippen LogP contribution in [0.5, 0.6) is 5.75 Å². The lowest BCUT2D eigenvalue weighted by molar-refractivity contribution is 0.256. The highest BCUT2D eigenvalue weighted by molar-refractivity contribution is 7.10. The molecular weight excluding hydrogens is 266 g/mol. The van der Waals surface area contributed by atoms with E-state index >= 15 is 0 Å². The smallest absolute Gasteiger partial charge is 0.122 e. The summed E-state index contributed by atoms with van der Waals surface area (Å²) in [5.41, 5.74) is 7.60. The molecule has 0 amide bonds. The molecule has 0 saturated carbocycles. The second kappa shape index (κ2) is 4.92. The molecule has 1 aromatic heterocycles. The fraction of sp³-hybridized carbons (Fsp3) is 0.286. The zero-order chi connectivity index (χ0) is 12.5. The van der Waals surface area contributed by atoms with Gasteiger partial charge in [0.15, 0.2) is 0 Å². The standard InChI is InChI=1S/C14H14ClNOS/c15-11-6-8-18-14(11)13(16)10-5-7-17-12-4-2-1-3-9(10)12/h1-4,6,8,10,13H,5,7,16H2. The van der Waals surface area contributed by atoms with Gasteiger partial charge in [-0.15, -0.1) is 11.3 Å². The highest BCUT2D eigenvalue weighted by Gasteiger charge is 2.29. The summed E-state index contributed by atoms with van der Waals surface area (Å²) >= 11 is 7.81. The van der Waals surface area contributed by atoms with E-state index in [2.05, 4.69) is 6.07 Å². The third-order valence-electron chi connectivity index (χ3n) is 3.39. The van der Waals surface area contributed by atoms with Crippen molar-refractivity contribution in [3.8, 4) is 5.75 Å². The maximum Gasteiger partial charge on any atom is 0.122 e. The van der Waals surface area contributed by atoms with Crippen LogP contribution in [0.2, 0.25) is 5.02 Å². The number of para-hydroxylation sites is 1. The molecule has 2 atom stereocenters. The third kappa shape index (κ3) is 2.03. The molecule has 94 valence electrons. The highest BCUT2D eigenvalue weighted by Crippen LogP contribution is 2.43. The first kappa shape index (κ1) is 12.0. The molecular formula is C14H14ClNOS. The van der Waals surface area contributed by atoms with Crippen LogP contribution in [-0.4, -0.2) is 6.61 Å². The normalized spacial score (nSPS) is 20.0. The summed E-state index contributed by atoms with van der Waals surface area (Å²) in [6.45, 7) is 0.721. The van der Waals surface area contributed by atoms with Gasteiger partial charge in [0.05, 0.1) is 11.6 Å². The largest absolute Gasteiger partial charge is 0.493 e. The molecule has 2 unspecified atom stereocenters. The minimum Gasteiger partial charge on any atom is -0.493 e. The van der Waals surface area contributed by atoms with Gasteiger partial charge in [-0.05, 0) is 29.5 Å². The number of rotatable bonds is 2. The zero-order valence-corrected chi connectivity index (χ0v) is 11.4. The molecule has 4 heteroatoms. The first-order chi connectivity index (χ1) is 8.77. The van der Waals surface area contributed by atoms with Gasteiger partial charge in [0.2, 0.25) is 0 Å².